The summed E-state index contributed by atoms with van der Waals surface area (Å²) in [5, 5.41) is 16.0. The normalized spacial score (nSPS) is 12.5. The zero-order chi connectivity index (χ0) is 4.28. The van der Waals surface area contributed by atoms with Gasteiger partial charge in [0.1, 0.15) is 0 Å². The molecule has 0 aliphatic heterocycles. The molecule has 0 amide bonds. The van der Waals surface area contributed by atoms with Crippen LogP contribution in [0.3, 0.4) is 0 Å². The summed E-state index contributed by atoms with van der Waals surface area (Å²) in [6, 6.07) is 0. The Bertz CT molecular complexity index is 22.8. The Kier molecular flexibility index (Phi) is 11.5. The van der Waals surface area contributed by atoms with E-state index in [1.807, 2.05) is 0 Å². The molecular weight excluding hydrogens is 107 g/mol. The zero-order valence-electron chi connectivity index (χ0n) is 3.18. The van der Waals surface area contributed by atoms with Gasteiger partial charge in [-0.25, -0.2) is 0 Å². The fraction of sp³-hybridized carbons (Fsp3) is 1.00. The van der Waals surface area contributed by atoms with Gasteiger partial charge in [0.2, 0.25) is 0 Å². The maximum atomic E-state index is 8.11. The first-order valence-electron chi connectivity index (χ1n) is 1.56. The van der Waals surface area contributed by atoms with E-state index < -0.39 is 6.10 Å². The first-order chi connectivity index (χ1) is 2.27. The van der Waals surface area contributed by atoms with Gasteiger partial charge >= 0.3 is 51.4 Å². The molecule has 0 spiro atoms. The molecule has 0 aliphatic rings. The van der Waals surface area contributed by atoms with Crippen LogP contribution < -0.4 is 0 Å². The van der Waals surface area contributed by atoms with E-state index in [-0.39, 0.29) is 58.0 Å². The van der Waals surface area contributed by atoms with Gasteiger partial charge in [0, 0.05) is 0 Å². The van der Waals surface area contributed by atoms with Gasteiger partial charge in [0.15, 0.2) is 0 Å². The summed E-state index contributed by atoms with van der Waals surface area (Å²) in [5.41, 5.74) is 0. The van der Waals surface area contributed by atoms with Crippen LogP contribution in [0.4, 0.5) is 0 Å². The SMILES string of the molecule is CC(O)CO.[KH]. The summed E-state index contributed by atoms with van der Waals surface area (Å²) >= 11 is 0. The molecule has 3 heteroatoms. The van der Waals surface area contributed by atoms with E-state index in [1.165, 1.54) is 6.92 Å². The van der Waals surface area contributed by atoms with E-state index in [9.17, 15) is 0 Å². The van der Waals surface area contributed by atoms with Crippen molar-refractivity contribution in [3.8, 4) is 0 Å². The second kappa shape index (κ2) is 6.56. The van der Waals surface area contributed by atoms with Crippen LogP contribution in [0.2, 0.25) is 0 Å². The Morgan fingerprint density at radius 1 is 1.67 bits per heavy atom. The molecular formula is C3H9KO2. The Morgan fingerprint density at radius 3 is 1.83 bits per heavy atom. The van der Waals surface area contributed by atoms with Gasteiger partial charge in [0.05, 0.1) is 12.7 Å². The molecule has 0 saturated heterocycles. The number of rotatable bonds is 1. The first kappa shape index (κ1) is 10.5. The van der Waals surface area contributed by atoms with Crippen molar-refractivity contribution in [3.63, 3.8) is 0 Å². The molecule has 1 atom stereocenters. The number of aliphatic hydroxyl groups excluding tert-OH is 2. The van der Waals surface area contributed by atoms with Crippen molar-refractivity contribution >= 4 is 51.4 Å². The second-order valence-corrected chi connectivity index (χ2v) is 1.03. The average Bonchev–Trinajstić information content (AvgIpc) is 1.38. The second-order valence-electron chi connectivity index (χ2n) is 1.03. The molecule has 2 nitrogen and oxygen atoms in total. The summed E-state index contributed by atoms with van der Waals surface area (Å²) in [6.45, 7) is 1.39. The molecule has 0 saturated carbocycles. The van der Waals surface area contributed by atoms with Crippen molar-refractivity contribution in [2.24, 2.45) is 0 Å². The van der Waals surface area contributed by atoms with Gasteiger partial charge in [-0.2, -0.15) is 0 Å². The van der Waals surface area contributed by atoms with Crippen molar-refractivity contribution in [2.75, 3.05) is 6.61 Å². The Labute approximate surface area is 80.0 Å². The van der Waals surface area contributed by atoms with E-state index in [0.29, 0.717) is 0 Å². The fourth-order valence-electron chi connectivity index (χ4n) is 0. The van der Waals surface area contributed by atoms with E-state index in [0.717, 1.165) is 0 Å². The fourth-order valence-corrected chi connectivity index (χ4v) is 0. The summed E-state index contributed by atoms with van der Waals surface area (Å²) in [4.78, 5) is 0. The topological polar surface area (TPSA) is 40.5 Å². The van der Waals surface area contributed by atoms with Crippen LogP contribution in [0.1, 0.15) is 6.92 Å². The van der Waals surface area contributed by atoms with Crippen LogP contribution in [-0.2, 0) is 0 Å². The van der Waals surface area contributed by atoms with Crippen LogP contribution in [0, 0.1) is 0 Å². The molecule has 0 fully saturated rings. The zero-order valence-corrected chi connectivity index (χ0v) is 3.18. The van der Waals surface area contributed by atoms with Gasteiger partial charge in [-0.3, -0.25) is 0 Å². The summed E-state index contributed by atoms with van der Waals surface area (Å²) < 4.78 is 0. The number of hydrogen-bond acceptors (Lipinski definition) is 2. The van der Waals surface area contributed by atoms with Gasteiger partial charge < -0.3 is 10.2 Å². The molecule has 0 aliphatic carbocycles. The molecule has 2 N–H and O–H groups in total. The molecule has 6 heavy (non-hydrogen) atoms. The molecule has 0 aromatic heterocycles. The van der Waals surface area contributed by atoms with Crippen LogP contribution >= 0.6 is 0 Å². The van der Waals surface area contributed by atoms with E-state index in [1.54, 1.807) is 0 Å². The van der Waals surface area contributed by atoms with E-state index in [2.05, 4.69) is 0 Å². The van der Waals surface area contributed by atoms with Gasteiger partial charge in [-0.15, -0.1) is 0 Å². The van der Waals surface area contributed by atoms with Crippen molar-refractivity contribution in [3.05, 3.63) is 0 Å². The number of hydrogen-bond donors (Lipinski definition) is 2. The Hall–Kier alpha value is 1.56. The van der Waals surface area contributed by atoms with Gasteiger partial charge in [0.25, 0.3) is 0 Å². The molecule has 0 aromatic rings. The van der Waals surface area contributed by atoms with Crippen LogP contribution in [-0.4, -0.2) is 74.3 Å². The Morgan fingerprint density at radius 2 is 1.83 bits per heavy atom. The standard InChI is InChI=1S/C3H8O2.K.H/c1-3(5)2-4;;/h3-5H,2H2,1H3;;. The van der Waals surface area contributed by atoms with E-state index >= 15 is 0 Å². The summed E-state index contributed by atoms with van der Waals surface area (Å²) in [6.07, 6.45) is -0.560. The minimum absolute atomic E-state index is 0. The Balaban J connectivity index is 0. The number of aliphatic hydroxyl groups is 2. The molecule has 0 bridgehead atoms. The predicted octanol–water partition coefficient (Wildman–Crippen LogP) is -1.29. The van der Waals surface area contributed by atoms with Crippen molar-refractivity contribution in [1.29, 1.82) is 0 Å². The molecule has 1 unspecified atom stereocenters. The van der Waals surface area contributed by atoms with Gasteiger partial charge in [-0.1, -0.05) is 0 Å². The third-order valence-corrected chi connectivity index (χ3v) is 0.264. The maximum absolute atomic E-state index is 8.11. The van der Waals surface area contributed by atoms with Crippen molar-refractivity contribution in [1.82, 2.24) is 0 Å². The first-order valence-corrected chi connectivity index (χ1v) is 1.56. The molecule has 34 valence electrons. The van der Waals surface area contributed by atoms with Crippen LogP contribution in [0.5, 0.6) is 0 Å². The third-order valence-electron chi connectivity index (χ3n) is 0.264. The molecule has 0 aromatic carbocycles. The third kappa shape index (κ3) is 9.12. The summed E-state index contributed by atoms with van der Waals surface area (Å²) in [5.74, 6) is 0. The molecule has 0 heterocycles. The van der Waals surface area contributed by atoms with Crippen LogP contribution in [0.15, 0.2) is 0 Å². The van der Waals surface area contributed by atoms with Crippen LogP contribution in [0.25, 0.3) is 0 Å². The molecule has 0 rings (SSSR count). The monoisotopic (exact) mass is 116 g/mol. The van der Waals surface area contributed by atoms with Crippen molar-refractivity contribution in [2.45, 2.75) is 13.0 Å². The summed E-state index contributed by atoms with van der Waals surface area (Å²) in [7, 11) is 0. The van der Waals surface area contributed by atoms with E-state index in [4.69, 9.17) is 10.2 Å². The molecule has 0 radical (unpaired) electrons. The predicted molar refractivity (Wildman–Crippen MR) is 25.9 cm³/mol. The quantitative estimate of drug-likeness (QED) is 0.419. The minimum atomic E-state index is -0.560. The van der Waals surface area contributed by atoms with Gasteiger partial charge in [-0.05, 0) is 6.92 Å². The van der Waals surface area contributed by atoms with Crippen molar-refractivity contribution < 1.29 is 10.2 Å². The average molecular weight is 116 g/mol.